The second-order valence-electron chi connectivity index (χ2n) is 20.6. The Balaban J connectivity index is 0.000000327. The summed E-state index contributed by atoms with van der Waals surface area (Å²) in [6.07, 6.45) is 13.3. The number of esters is 1. The van der Waals surface area contributed by atoms with Crippen LogP contribution in [0.1, 0.15) is 150 Å². The van der Waals surface area contributed by atoms with E-state index >= 15 is 0 Å². The largest absolute Gasteiger partial charge is 0.494 e. The molecule has 1 aliphatic carbocycles. The van der Waals surface area contributed by atoms with Gasteiger partial charge in [0.1, 0.15) is 11.4 Å². The van der Waals surface area contributed by atoms with Crippen molar-refractivity contribution in [2.75, 3.05) is 78.7 Å². The van der Waals surface area contributed by atoms with Crippen LogP contribution in [0.5, 0.6) is 11.5 Å². The van der Waals surface area contributed by atoms with Crippen molar-refractivity contribution in [3.05, 3.63) is 133 Å². The summed E-state index contributed by atoms with van der Waals surface area (Å²) in [5.74, 6) is -1.28. The second kappa shape index (κ2) is 36.3. The number of hydrogen-bond donors (Lipinski definition) is 2. The number of azide groups is 2. The van der Waals surface area contributed by atoms with E-state index in [-0.39, 0.29) is 55.6 Å². The van der Waals surface area contributed by atoms with E-state index in [1.807, 2.05) is 31.7 Å². The summed E-state index contributed by atoms with van der Waals surface area (Å²) < 4.78 is 55.1. The van der Waals surface area contributed by atoms with Crippen LogP contribution < -0.4 is 19.7 Å². The first kappa shape index (κ1) is 66.4. The number of aliphatic carboxylic acids is 1. The monoisotopic (exact) mass is 1130 g/mol. The van der Waals surface area contributed by atoms with Gasteiger partial charge in [-0.05, 0) is 188 Å². The van der Waals surface area contributed by atoms with Gasteiger partial charge in [-0.1, -0.05) is 47.3 Å². The Morgan fingerprint density at radius 1 is 0.790 bits per heavy atom. The summed E-state index contributed by atoms with van der Waals surface area (Å²) in [7, 11) is 4.20. The van der Waals surface area contributed by atoms with Crippen LogP contribution in [0.25, 0.3) is 20.9 Å². The average molecular weight is 1130 g/mol. The molecule has 2 aliphatic rings. The van der Waals surface area contributed by atoms with Crippen molar-refractivity contribution in [1.29, 1.82) is 0 Å². The Morgan fingerprint density at radius 3 is 2.05 bits per heavy atom. The molecule has 0 bridgehead atoms. The maximum Gasteiger partial charge on any atom is 0.416 e. The van der Waals surface area contributed by atoms with Crippen LogP contribution in [-0.4, -0.2) is 117 Å². The van der Waals surface area contributed by atoms with Crippen molar-refractivity contribution in [3.8, 4) is 11.5 Å². The number of carbonyl (C=O) groups excluding carboxylic acids is 2. The lowest BCUT2D eigenvalue weighted by Gasteiger charge is -2.31. The molecular formula is C59H83F2N11O9. The van der Waals surface area contributed by atoms with Gasteiger partial charge in [0.15, 0.2) is 23.1 Å². The molecule has 0 radical (unpaired) electrons. The highest BCUT2D eigenvalue weighted by Gasteiger charge is 2.29. The fourth-order valence-electron chi connectivity index (χ4n) is 9.53. The second-order valence-corrected chi connectivity index (χ2v) is 20.6. The van der Waals surface area contributed by atoms with Gasteiger partial charge in [0, 0.05) is 65.7 Å². The van der Waals surface area contributed by atoms with E-state index in [4.69, 9.17) is 44.7 Å². The standard InChI is InChI=1S/C30H42FN3O5.C28H38FN5O4.CH3N3/c1-6-38-27(35)20-25(22-14-16-26(37-5)24(31)19-22)32-17-9-7-8-12-23-15-13-21-11-10-18-34(28(21)33-23)29(36)39-30(2,3)4;1-37-27-13-11-22(19-24(27)29)26(20-28(35)36)34(16-18-38-17-14-31-33-30)15-6-2-3-8-23-12-10-21-7-4-5-9-25(21)32-23;1-3-4-2/h13-16,19,25,32H,6-12,17-18,20H2,1-5H3;10-13,19,26H,2-9,14-18,20H2,1H3,(H,35,36);1H3/t25-;26-;/m00./s1. The van der Waals surface area contributed by atoms with Gasteiger partial charge in [0.2, 0.25) is 0 Å². The van der Waals surface area contributed by atoms with Crippen molar-refractivity contribution in [3.63, 3.8) is 0 Å². The van der Waals surface area contributed by atoms with Gasteiger partial charge in [-0.2, -0.15) is 0 Å². The number of carboxylic acids is 1. The maximum atomic E-state index is 14.5. The summed E-state index contributed by atoms with van der Waals surface area (Å²) >= 11 is 0. The molecule has 0 saturated carbocycles. The Kier molecular flexibility index (Phi) is 29.8. The molecule has 20 nitrogen and oxygen atoms in total. The molecule has 0 fully saturated rings. The Morgan fingerprint density at radius 2 is 1.42 bits per heavy atom. The number of aryl methyl sites for hydroxylation is 5. The molecule has 22 heteroatoms. The van der Waals surface area contributed by atoms with Crippen LogP contribution in [0, 0.1) is 11.6 Å². The van der Waals surface area contributed by atoms with Gasteiger partial charge < -0.3 is 34.1 Å². The van der Waals surface area contributed by atoms with Crippen molar-refractivity contribution in [1.82, 2.24) is 20.2 Å². The number of nitrogens with one attached hydrogen (secondary N) is 1. The fraction of sp³-hybridized carbons (Fsp3) is 0.576. The number of aromatic nitrogens is 2. The first-order valence-corrected chi connectivity index (χ1v) is 28.0. The number of pyridine rings is 2. The molecule has 4 aromatic rings. The molecule has 0 unspecified atom stereocenters. The number of rotatable bonds is 29. The lowest BCUT2D eigenvalue weighted by atomic mass is 9.95. The molecule has 442 valence electrons. The number of nitrogens with zero attached hydrogens (tertiary/aromatic N) is 10. The Labute approximate surface area is 475 Å². The molecular weight excluding hydrogens is 1040 g/mol. The van der Waals surface area contributed by atoms with E-state index in [1.165, 1.54) is 63.6 Å². The zero-order valence-electron chi connectivity index (χ0n) is 48.3. The lowest BCUT2D eigenvalue weighted by molar-refractivity contribution is -0.143. The Hall–Kier alpha value is -7.09. The van der Waals surface area contributed by atoms with Crippen LogP contribution in [0.2, 0.25) is 0 Å². The predicted molar refractivity (Wildman–Crippen MR) is 306 cm³/mol. The van der Waals surface area contributed by atoms with Crippen molar-refractivity contribution in [2.45, 2.75) is 148 Å². The van der Waals surface area contributed by atoms with Gasteiger partial charge in [0.25, 0.3) is 0 Å². The maximum absolute atomic E-state index is 14.5. The van der Waals surface area contributed by atoms with Gasteiger partial charge in [-0.15, -0.1) is 0 Å². The van der Waals surface area contributed by atoms with Crippen molar-refractivity contribution in [2.24, 2.45) is 10.2 Å². The number of unbranched alkanes of at least 4 members (excludes halogenated alkanes) is 4. The normalized spacial score (nSPS) is 13.3. The van der Waals surface area contributed by atoms with Gasteiger partial charge in [0.05, 0.1) is 46.9 Å². The number of hydrogen-bond acceptors (Lipinski definition) is 14. The summed E-state index contributed by atoms with van der Waals surface area (Å²) in [6.45, 7) is 10.9. The predicted octanol–water partition coefficient (Wildman–Crippen LogP) is 12.5. The molecule has 2 aromatic carbocycles. The smallest absolute Gasteiger partial charge is 0.416 e. The minimum Gasteiger partial charge on any atom is -0.494 e. The van der Waals surface area contributed by atoms with E-state index in [9.17, 15) is 28.3 Å². The molecule has 2 N–H and O–H groups in total. The van der Waals surface area contributed by atoms with Gasteiger partial charge in [-0.25, -0.2) is 18.6 Å². The first-order valence-electron chi connectivity index (χ1n) is 28.0. The van der Waals surface area contributed by atoms with Crippen molar-refractivity contribution >= 4 is 23.8 Å². The van der Waals surface area contributed by atoms with Crippen molar-refractivity contribution < 1.29 is 52.0 Å². The molecule has 3 heterocycles. The van der Waals surface area contributed by atoms with Crippen LogP contribution in [0.3, 0.4) is 0 Å². The molecule has 81 heavy (non-hydrogen) atoms. The molecule has 6 rings (SSSR count). The number of amides is 1. The third kappa shape index (κ3) is 23.9. The summed E-state index contributed by atoms with van der Waals surface area (Å²) in [6, 6.07) is 16.9. The molecule has 1 amide bonds. The molecule has 0 saturated heterocycles. The minimum atomic E-state index is -0.959. The van der Waals surface area contributed by atoms with Crippen LogP contribution in [0.15, 0.2) is 70.9 Å². The number of fused-ring (bicyclic) bond motifs is 2. The first-order chi connectivity index (χ1) is 39.0. The van der Waals surface area contributed by atoms with Crippen LogP contribution in [-0.2, 0) is 55.9 Å². The summed E-state index contributed by atoms with van der Waals surface area (Å²) in [4.78, 5) is 55.1. The van der Waals surface area contributed by atoms with E-state index in [1.54, 1.807) is 30.0 Å². The quantitative estimate of drug-likeness (QED) is 0.0169. The zero-order chi connectivity index (χ0) is 59.0. The highest BCUT2D eigenvalue weighted by atomic mass is 19.1. The SMILES string of the molecule is CCOC(=O)C[C@H](NCCCCCc1ccc2c(n1)N(C(=O)OC(C)(C)C)CCC2)c1ccc(OC)c(F)c1.CN=[N+]=[N-].COc1ccc([C@H](CC(=O)O)N(CCCCCc2ccc3c(n2)CCCC3)CCOCCN=[N+]=[N-])cc1F. The van der Waals surface area contributed by atoms with E-state index in [0.29, 0.717) is 56.3 Å². The number of halogens is 2. The molecule has 1 aliphatic heterocycles. The number of benzene rings is 2. The molecule has 2 aromatic heterocycles. The lowest BCUT2D eigenvalue weighted by Crippen LogP contribution is -2.40. The van der Waals surface area contributed by atoms with E-state index in [2.05, 4.69) is 43.6 Å². The van der Waals surface area contributed by atoms with E-state index < -0.39 is 29.2 Å². The number of anilines is 1. The highest BCUT2D eigenvalue weighted by molar-refractivity contribution is 5.88. The average Bonchev–Trinajstić information content (AvgIpc) is 3.44. The summed E-state index contributed by atoms with van der Waals surface area (Å²) in [5, 5.41) is 19.4. The number of carbonyl (C=O) groups is 3. The highest BCUT2D eigenvalue weighted by Crippen LogP contribution is 2.31. The molecule has 2 atom stereocenters. The third-order valence-corrected chi connectivity index (χ3v) is 13.5. The van der Waals surface area contributed by atoms with E-state index in [0.717, 1.165) is 94.0 Å². The Bertz CT molecular complexity index is 2700. The van der Waals surface area contributed by atoms with Crippen LogP contribution >= 0.6 is 0 Å². The zero-order valence-corrected chi connectivity index (χ0v) is 48.3. The summed E-state index contributed by atoms with van der Waals surface area (Å²) in [5.41, 5.74) is 22.2. The number of carboxylic acid groups (broad SMARTS) is 1. The topological polar surface area (TPSA) is 259 Å². The van der Waals surface area contributed by atoms with Crippen LogP contribution in [0.4, 0.5) is 19.4 Å². The fourth-order valence-corrected chi connectivity index (χ4v) is 9.53. The minimum absolute atomic E-state index is 0.117. The number of methoxy groups -OCH3 is 2. The molecule has 0 spiro atoms. The number of ether oxygens (including phenoxy) is 5. The van der Waals surface area contributed by atoms with Gasteiger partial charge >= 0.3 is 18.0 Å². The third-order valence-electron chi connectivity index (χ3n) is 13.5. The van der Waals surface area contributed by atoms with Gasteiger partial charge in [-0.3, -0.25) is 24.4 Å².